The van der Waals surface area contributed by atoms with E-state index < -0.39 is 41.5 Å². The van der Waals surface area contributed by atoms with Crippen molar-refractivity contribution in [3.63, 3.8) is 0 Å². The molecule has 0 aliphatic rings. The van der Waals surface area contributed by atoms with Gasteiger partial charge in [0.05, 0.1) is 17.8 Å². The van der Waals surface area contributed by atoms with Crippen LogP contribution in [0.1, 0.15) is 6.92 Å². The number of carbonyl (C=O) groups excluding carboxylic acids is 2. The van der Waals surface area contributed by atoms with Gasteiger partial charge in [-0.1, -0.05) is 11.6 Å². The van der Waals surface area contributed by atoms with Crippen molar-refractivity contribution < 1.29 is 27.5 Å². The van der Waals surface area contributed by atoms with Gasteiger partial charge in [0, 0.05) is 12.6 Å². The van der Waals surface area contributed by atoms with Gasteiger partial charge in [0.1, 0.15) is 12.3 Å². The van der Waals surface area contributed by atoms with Crippen molar-refractivity contribution in [2.24, 2.45) is 0 Å². The molecule has 0 aromatic heterocycles. The van der Waals surface area contributed by atoms with Crippen LogP contribution < -0.4 is 15.0 Å². The lowest BCUT2D eigenvalue weighted by Crippen LogP contribution is -2.37. The molecule has 0 aliphatic carbocycles. The number of anilines is 2. The quantitative estimate of drug-likeness (QED) is 0.796. The van der Waals surface area contributed by atoms with Crippen LogP contribution in [-0.2, 0) is 9.59 Å². The van der Waals surface area contributed by atoms with E-state index in [2.05, 4.69) is 5.32 Å². The molecule has 5 nitrogen and oxygen atoms in total. The molecule has 2 amide bonds. The van der Waals surface area contributed by atoms with Crippen molar-refractivity contribution in [1.29, 1.82) is 0 Å². The van der Waals surface area contributed by atoms with Crippen LogP contribution in [0.3, 0.4) is 0 Å². The number of hydrogen-bond acceptors (Lipinski definition) is 3. The van der Waals surface area contributed by atoms with Gasteiger partial charge in [-0.05, 0) is 30.3 Å². The molecule has 0 fully saturated rings. The number of nitrogens with zero attached hydrogens (tertiary/aromatic N) is 1. The third-order valence-corrected chi connectivity index (χ3v) is 3.72. The first-order chi connectivity index (χ1) is 12.2. The summed E-state index contributed by atoms with van der Waals surface area (Å²) in [5.74, 6) is -5.69. The molecule has 0 saturated heterocycles. The Labute approximate surface area is 152 Å². The number of halogens is 4. The predicted molar refractivity (Wildman–Crippen MR) is 91.0 cm³/mol. The summed E-state index contributed by atoms with van der Waals surface area (Å²) < 4.78 is 45.4. The lowest BCUT2D eigenvalue weighted by Gasteiger charge is -2.21. The van der Waals surface area contributed by atoms with Gasteiger partial charge < -0.3 is 15.0 Å². The van der Waals surface area contributed by atoms with E-state index >= 15 is 0 Å². The lowest BCUT2D eigenvalue weighted by atomic mass is 10.2. The fourth-order valence-electron chi connectivity index (χ4n) is 2.18. The number of methoxy groups -OCH3 is 1. The maximum Gasteiger partial charge on any atom is 0.244 e. The highest BCUT2D eigenvalue weighted by atomic mass is 35.5. The summed E-state index contributed by atoms with van der Waals surface area (Å²) in [4.78, 5) is 24.6. The SMILES string of the molecule is COc1ccc(NC(=O)CN(C(C)=O)c2ccc(F)c(F)c2F)cc1Cl. The Morgan fingerprint density at radius 1 is 1.15 bits per heavy atom. The van der Waals surface area contributed by atoms with E-state index in [1.807, 2.05) is 0 Å². The highest BCUT2D eigenvalue weighted by molar-refractivity contribution is 6.32. The zero-order valence-corrected chi connectivity index (χ0v) is 14.5. The molecule has 0 atom stereocenters. The van der Waals surface area contributed by atoms with Gasteiger partial charge in [-0.3, -0.25) is 9.59 Å². The first-order valence-electron chi connectivity index (χ1n) is 7.29. The monoisotopic (exact) mass is 386 g/mol. The predicted octanol–water partition coefficient (Wildman–Crippen LogP) is 3.76. The summed E-state index contributed by atoms with van der Waals surface area (Å²) in [5, 5.41) is 2.72. The molecular weight excluding hydrogens is 373 g/mol. The van der Waals surface area contributed by atoms with Crippen LogP contribution in [0.2, 0.25) is 5.02 Å². The van der Waals surface area contributed by atoms with Crippen LogP contribution in [0.5, 0.6) is 5.75 Å². The standard InChI is InChI=1S/C17H14ClF3N2O3/c1-9(24)23(13-5-4-12(19)16(20)17(13)21)8-15(25)22-10-3-6-14(26-2)11(18)7-10/h3-7H,8H2,1-2H3,(H,22,25). The maximum atomic E-state index is 13.9. The average molecular weight is 387 g/mol. The minimum atomic E-state index is -1.73. The molecule has 0 heterocycles. The molecule has 0 bridgehead atoms. The number of rotatable bonds is 5. The summed E-state index contributed by atoms with van der Waals surface area (Å²) in [6.07, 6.45) is 0. The van der Waals surface area contributed by atoms with Gasteiger partial charge in [0.15, 0.2) is 17.5 Å². The van der Waals surface area contributed by atoms with Gasteiger partial charge in [-0.15, -0.1) is 0 Å². The Morgan fingerprint density at radius 3 is 2.42 bits per heavy atom. The van der Waals surface area contributed by atoms with Crippen LogP contribution in [0.4, 0.5) is 24.5 Å². The molecule has 138 valence electrons. The second-order valence-electron chi connectivity index (χ2n) is 5.20. The molecule has 0 unspecified atom stereocenters. The molecule has 2 rings (SSSR count). The second kappa shape index (κ2) is 8.09. The topological polar surface area (TPSA) is 58.6 Å². The third kappa shape index (κ3) is 4.26. The van der Waals surface area contributed by atoms with E-state index in [0.29, 0.717) is 22.4 Å². The van der Waals surface area contributed by atoms with Crippen molar-refractivity contribution >= 4 is 34.8 Å². The molecule has 0 saturated carbocycles. The Kier molecular flexibility index (Phi) is 6.10. The fourth-order valence-corrected chi connectivity index (χ4v) is 2.44. The van der Waals surface area contributed by atoms with Gasteiger partial charge in [-0.25, -0.2) is 13.2 Å². The molecular formula is C17H14ClF3N2O3. The van der Waals surface area contributed by atoms with E-state index in [1.54, 1.807) is 0 Å². The van der Waals surface area contributed by atoms with Gasteiger partial charge in [0.2, 0.25) is 11.8 Å². The van der Waals surface area contributed by atoms with Crippen LogP contribution >= 0.6 is 11.6 Å². The maximum absolute atomic E-state index is 13.9. The summed E-state index contributed by atoms with van der Waals surface area (Å²) in [6.45, 7) is 0.458. The van der Waals surface area contributed by atoms with Crippen LogP contribution in [-0.4, -0.2) is 25.5 Å². The van der Waals surface area contributed by atoms with Crippen LogP contribution in [0.25, 0.3) is 0 Å². The van der Waals surface area contributed by atoms with Gasteiger partial charge >= 0.3 is 0 Å². The molecule has 1 N–H and O–H groups in total. The number of nitrogens with one attached hydrogen (secondary N) is 1. The molecule has 0 spiro atoms. The molecule has 0 aliphatic heterocycles. The number of amides is 2. The normalized spacial score (nSPS) is 10.4. The molecule has 2 aromatic rings. The number of ether oxygens (including phenoxy) is 1. The van der Waals surface area contributed by atoms with Crippen LogP contribution in [0, 0.1) is 17.5 Å². The highest BCUT2D eigenvalue weighted by Gasteiger charge is 2.23. The Bertz CT molecular complexity index is 861. The summed E-state index contributed by atoms with van der Waals surface area (Å²) in [6, 6.07) is 6.01. The first-order valence-corrected chi connectivity index (χ1v) is 7.67. The van der Waals surface area contributed by atoms with E-state index in [-0.39, 0.29) is 5.02 Å². The Balaban J connectivity index is 2.20. The molecule has 2 aromatic carbocycles. The summed E-state index contributed by atoms with van der Waals surface area (Å²) in [5.41, 5.74) is -0.227. The summed E-state index contributed by atoms with van der Waals surface area (Å²) in [7, 11) is 1.43. The Hall–Kier alpha value is -2.74. The van der Waals surface area contributed by atoms with E-state index in [0.717, 1.165) is 13.0 Å². The van der Waals surface area contributed by atoms with Gasteiger partial charge in [-0.2, -0.15) is 0 Å². The lowest BCUT2D eigenvalue weighted by molar-refractivity contribution is -0.120. The minimum Gasteiger partial charge on any atom is -0.495 e. The molecule has 0 radical (unpaired) electrons. The van der Waals surface area contributed by atoms with E-state index in [9.17, 15) is 22.8 Å². The largest absolute Gasteiger partial charge is 0.495 e. The number of hydrogen-bond donors (Lipinski definition) is 1. The van der Waals surface area contributed by atoms with Gasteiger partial charge in [0.25, 0.3) is 0 Å². The van der Waals surface area contributed by atoms with Crippen molar-refractivity contribution in [1.82, 2.24) is 0 Å². The average Bonchev–Trinajstić information content (AvgIpc) is 2.58. The molecule has 26 heavy (non-hydrogen) atoms. The smallest absolute Gasteiger partial charge is 0.244 e. The Morgan fingerprint density at radius 2 is 1.85 bits per heavy atom. The van der Waals surface area contributed by atoms with Crippen molar-refractivity contribution in [2.45, 2.75) is 6.92 Å². The minimum absolute atomic E-state index is 0.250. The van der Waals surface area contributed by atoms with Crippen LogP contribution in [0.15, 0.2) is 30.3 Å². The highest BCUT2D eigenvalue weighted by Crippen LogP contribution is 2.27. The fraction of sp³-hybridized carbons (Fsp3) is 0.176. The molecule has 9 heteroatoms. The zero-order valence-electron chi connectivity index (χ0n) is 13.8. The third-order valence-electron chi connectivity index (χ3n) is 3.42. The van der Waals surface area contributed by atoms with Crippen molar-refractivity contribution in [2.75, 3.05) is 23.9 Å². The zero-order chi connectivity index (χ0) is 19.4. The van der Waals surface area contributed by atoms with Crippen molar-refractivity contribution in [3.05, 3.63) is 52.8 Å². The number of carbonyl (C=O) groups is 2. The van der Waals surface area contributed by atoms with E-state index in [4.69, 9.17) is 16.3 Å². The summed E-state index contributed by atoms with van der Waals surface area (Å²) >= 11 is 5.95. The van der Waals surface area contributed by atoms with Crippen molar-refractivity contribution in [3.8, 4) is 5.75 Å². The second-order valence-corrected chi connectivity index (χ2v) is 5.60. The first kappa shape index (κ1) is 19.6. The number of benzene rings is 2. The van der Waals surface area contributed by atoms with E-state index in [1.165, 1.54) is 25.3 Å².